The average Bonchev–Trinajstić information content (AvgIpc) is 2.33. The van der Waals surface area contributed by atoms with Crippen molar-refractivity contribution in [2.45, 2.75) is 4.90 Å². The Morgan fingerprint density at radius 2 is 2.00 bits per heavy atom. The second-order valence-electron chi connectivity index (χ2n) is 2.88. The van der Waals surface area contributed by atoms with Crippen LogP contribution in [0.15, 0.2) is 59.5 Å². The molecule has 0 aliphatic rings. The molecular formula is C13H12OS. The summed E-state index contributed by atoms with van der Waals surface area (Å²) in [5, 5.41) is 0. The molecule has 0 saturated carbocycles. The van der Waals surface area contributed by atoms with Gasteiger partial charge < -0.3 is 4.74 Å². The van der Waals surface area contributed by atoms with E-state index in [1.807, 2.05) is 0 Å². The Hall–Kier alpha value is -1.41. The van der Waals surface area contributed by atoms with Crippen molar-refractivity contribution in [2.75, 3.05) is 6.18 Å². The summed E-state index contributed by atoms with van der Waals surface area (Å²) in [5.74, 6) is 0.851. The summed E-state index contributed by atoms with van der Waals surface area (Å²) in [6, 6.07) is 14.0. The molecule has 0 atom stereocenters. The fraction of sp³-hybridized carbons (Fsp3) is 0.0769. The first kappa shape index (κ1) is 6.23. The Labute approximate surface area is 99.7 Å². The van der Waals surface area contributed by atoms with Crippen molar-refractivity contribution >= 4 is 11.8 Å². The van der Waals surface area contributed by atoms with Crippen molar-refractivity contribution < 1.29 is 10.2 Å². The molecule has 2 heteroatoms. The molecule has 0 aliphatic heterocycles. The molecule has 0 saturated heterocycles. The lowest BCUT2D eigenvalue weighted by atomic mass is 10.3. The first-order chi connectivity index (χ1) is 8.96. The molecule has 0 bridgehead atoms. The number of hydrogen-bond donors (Lipinski definition) is 0. The Kier molecular flexibility index (Phi) is 2.03. The molecule has 0 aliphatic carbocycles. The maximum Gasteiger partial charge on any atom is 0.140 e. The van der Waals surface area contributed by atoms with Crippen molar-refractivity contribution in [3.63, 3.8) is 0 Å². The van der Waals surface area contributed by atoms with Gasteiger partial charge in [0, 0.05) is 9.01 Å². The van der Waals surface area contributed by atoms with E-state index in [2.05, 4.69) is 0 Å². The van der Waals surface area contributed by atoms with Gasteiger partial charge in [0.25, 0.3) is 0 Å². The molecule has 0 N–H and O–H groups in total. The quantitative estimate of drug-likeness (QED) is 0.717. The van der Waals surface area contributed by atoms with Gasteiger partial charge in [0.1, 0.15) is 11.5 Å². The van der Waals surface area contributed by atoms with Crippen LogP contribution in [0.3, 0.4) is 0 Å². The highest BCUT2D eigenvalue weighted by atomic mass is 32.2. The van der Waals surface area contributed by atoms with Crippen molar-refractivity contribution in [1.29, 1.82) is 0 Å². The minimum Gasteiger partial charge on any atom is -0.456 e. The molecule has 0 unspecified atom stereocenters. The van der Waals surface area contributed by atoms with Crippen LogP contribution in [-0.4, -0.2) is 6.18 Å². The van der Waals surface area contributed by atoms with Crippen LogP contribution in [0, 0.1) is 0 Å². The van der Waals surface area contributed by atoms with Crippen molar-refractivity contribution in [3.8, 4) is 11.5 Å². The largest absolute Gasteiger partial charge is 0.456 e. The summed E-state index contributed by atoms with van der Waals surface area (Å²) in [6.45, 7) is 0. The monoisotopic (exact) mass is 220 g/mol. The highest BCUT2D eigenvalue weighted by Crippen LogP contribution is 2.30. The number of benzene rings is 2. The third-order valence-electron chi connectivity index (χ3n) is 1.86. The lowest BCUT2D eigenvalue weighted by Gasteiger charge is -2.08. The molecular weight excluding hydrogens is 204 g/mol. The van der Waals surface area contributed by atoms with Crippen LogP contribution in [0.4, 0.5) is 0 Å². The minimum absolute atomic E-state index is 0.260. The van der Waals surface area contributed by atoms with Crippen LogP contribution >= 0.6 is 11.8 Å². The summed E-state index contributed by atoms with van der Waals surface area (Å²) >= 11 is 0.766. The standard InChI is InChI=1S/C13H12OS/c1-15-13-10-6-5-9-12(13)14-11-7-3-2-4-8-11/h2-10H,1H3/i1D3,7D. The molecule has 15 heavy (non-hydrogen) atoms. The Balaban J connectivity index is 2.28. The molecule has 76 valence electrons. The molecule has 0 aromatic heterocycles. The summed E-state index contributed by atoms with van der Waals surface area (Å²) in [5.41, 5.74) is 0. The first-order valence-electron chi connectivity index (χ1n) is 6.47. The number of ether oxygens (including phenoxy) is 1. The molecule has 0 amide bonds. The summed E-state index contributed by atoms with van der Waals surface area (Å²) < 4.78 is 35.2. The van der Waals surface area contributed by atoms with Gasteiger partial charge in [0.15, 0.2) is 0 Å². The van der Waals surface area contributed by atoms with E-state index in [4.69, 9.17) is 10.2 Å². The van der Waals surface area contributed by atoms with Crippen LogP contribution in [-0.2, 0) is 0 Å². The number of hydrogen-bond acceptors (Lipinski definition) is 2. The highest BCUT2D eigenvalue weighted by molar-refractivity contribution is 7.98. The van der Waals surface area contributed by atoms with Crippen LogP contribution in [0.2, 0.25) is 0 Å². The maximum atomic E-state index is 7.73. The van der Waals surface area contributed by atoms with E-state index >= 15 is 0 Å². The third-order valence-corrected chi connectivity index (χ3v) is 2.42. The van der Waals surface area contributed by atoms with E-state index < -0.39 is 6.18 Å². The van der Waals surface area contributed by atoms with E-state index in [0.29, 0.717) is 16.4 Å². The predicted octanol–water partition coefficient (Wildman–Crippen LogP) is 4.20. The molecule has 0 radical (unpaired) electrons. The zero-order chi connectivity index (χ0) is 13.9. The predicted molar refractivity (Wildman–Crippen MR) is 64.7 cm³/mol. The van der Waals surface area contributed by atoms with Crippen molar-refractivity contribution in [3.05, 3.63) is 54.6 Å². The summed E-state index contributed by atoms with van der Waals surface area (Å²) in [7, 11) is 0. The Morgan fingerprint density at radius 3 is 2.87 bits per heavy atom. The van der Waals surface area contributed by atoms with Gasteiger partial charge in [-0.2, -0.15) is 0 Å². The Bertz CT molecular complexity index is 569. The number of rotatable bonds is 3. The third kappa shape index (κ3) is 2.54. The SMILES string of the molecule is [2H]c1ccccc1Oc1ccccc1SC([2H])([2H])[2H]. The molecule has 2 rings (SSSR count). The lowest BCUT2D eigenvalue weighted by molar-refractivity contribution is 0.471. The summed E-state index contributed by atoms with van der Waals surface area (Å²) in [6.07, 6.45) is -2.13. The fourth-order valence-electron chi connectivity index (χ4n) is 1.18. The first-order valence-corrected chi connectivity index (χ1v) is 5.29. The molecule has 0 spiro atoms. The van der Waals surface area contributed by atoms with Gasteiger partial charge in [0.05, 0.1) is 1.37 Å². The molecule has 1 nitrogen and oxygen atoms in total. The molecule has 0 fully saturated rings. The average molecular weight is 220 g/mol. The van der Waals surface area contributed by atoms with E-state index in [1.165, 1.54) is 0 Å². The Morgan fingerprint density at radius 1 is 1.13 bits per heavy atom. The number of para-hydroxylation sites is 2. The van der Waals surface area contributed by atoms with E-state index in [1.54, 1.807) is 48.5 Å². The van der Waals surface area contributed by atoms with E-state index in [9.17, 15) is 0 Å². The van der Waals surface area contributed by atoms with Crippen molar-refractivity contribution in [2.24, 2.45) is 0 Å². The maximum absolute atomic E-state index is 7.73. The normalized spacial score (nSPS) is 14.7. The van der Waals surface area contributed by atoms with Gasteiger partial charge >= 0.3 is 0 Å². The van der Waals surface area contributed by atoms with Crippen LogP contribution in [0.1, 0.15) is 5.48 Å². The highest BCUT2D eigenvalue weighted by Gasteiger charge is 2.01. The van der Waals surface area contributed by atoms with Gasteiger partial charge in [-0.3, -0.25) is 0 Å². The molecule has 2 aromatic carbocycles. The zero-order valence-electron chi connectivity index (χ0n) is 11.9. The second-order valence-corrected chi connectivity index (χ2v) is 3.52. The topological polar surface area (TPSA) is 9.23 Å². The van der Waals surface area contributed by atoms with Crippen molar-refractivity contribution in [1.82, 2.24) is 0 Å². The van der Waals surface area contributed by atoms with Crippen LogP contribution in [0.25, 0.3) is 0 Å². The van der Waals surface area contributed by atoms with E-state index in [0.717, 1.165) is 11.8 Å². The smallest absolute Gasteiger partial charge is 0.140 e. The van der Waals surface area contributed by atoms with Gasteiger partial charge in [-0.25, -0.2) is 0 Å². The summed E-state index contributed by atoms with van der Waals surface area (Å²) in [4.78, 5) is 0.533. The van der Waals surface area contributed by atoms with Crippen LogP contribution in [0.5, 0.6) is 11.5 Å². The molecule has 0 heterocycles. The van der Waals surface area contributed by atoms with Gasteiger partial charge in [-0.15, -0.1) is 11.8 Å². The lowest BCUT2D eigenvalue weighted by Crippen LogP contribution is -1.85. The van der Waals surface area contributed by atoms with Gasteiger partial charge in [-0.05, 0) is 30.4 Å². The minimum atomic E-state index is -2.13. The molecule has 2 aromatic rings. The number of thioether (sulfide) groups is 1. The van der Waals surface area contributed by atoms with E-state index in [-0.39, 0.29) is 6.04 Å². The second kappa shape index (κ2) is 4.89. The van der Waals surface area contributed by atoms with Gasteiger partial charge in [0.2, 0.25) is 0 Å². The zero-order valence-corrected chi connectivity index (χ0v) is 8.75. The fourth-order valence-corrected chi connectivity index (χ4v) is 1.53. The van der Waals surface area contributed by atoms with Gasteiger partial charge in [-0.1, -0.05) is 30.3 Å². The van der Waals surface area contributed by atoms with Crippen LogP contribution < -0.4 is 4.74 Å².